The van der Waals surface area contributed by atoms with Crippen LogP contribution in [0.3, 0.4) is 0 Å². The van der Waals surface area contributed by atoms with Crippen LogP contribution in [0.1, 0.15) is 38.4 Å². The fraction of sp³-hybridized carbons (Fsp3) is 0.571. The molecule has 0 radical (unpaired) electrons. The molecule has 0 saturated heterocycles. The number of nitrogens with two attached hydrogens (primary N) is 1. The van der Waals surface area contributed by atoms with Crippen molar-refractivity contribution < 1.29 is 8.42 Å². The Hall–Kier alpha value is -1.11. The van der Waals surface area contributed by atoms with Crippen LogP contribution in [-0.2, 0) is 16.6 Å². The number of hydrogen-bond acceptors (Lipinski definition) is 3. The van der Waals surface area contributed by atoms with Crippen molar-refractivity contribution in [2.45, 2.75) is 44.2 Å². The Labute approximate surface area is 121 Å². The average Bonchev–Trinajstić information content (AvgIpc) is 3.14. The van der Waals surface area contributed by atoms with Gasteiger partial charge in [-0.25, -0.2) is 8.42 Å². The fourth-order valence-electron chi connectivity index (χ4n) is 2.31. The van der Waals surface area contributed by atoms with Gasteiger partial charge in [-0.05, 0) is 25.8 Å². The van der Waals surface area contributed by atoms with Gasteiger partial charge in [-0.2, -0.15) is 4.31 Å². The first kappa shape index (κ1) is 15.3. The zero-order valence-corrected chi connectivity index (χ0v) is 13.0. The van der Waals surface area contributed by atoms with Crippen molar-refractivity contribution in [3.05, 3.63) is 30.1 Å². The number of likely N-dealkylation sites (N-methyl/N-ethyl adjacent to an activating group) is 1. The normalized spacial score (nSPS) is 15.8. The quantitative estimate of drug-likeness (QED) is 0.781. The van der Waals surface area contributed by atoms with E-state index in [0.29, 0.717) is 30.6 Å². The van der Waals surface area contributed by atoms with Crippen molar-refractivity contribution >= 4 is 10.0 Å². The maximum Gasteiger partial charge on any atom is 0.244 e. The van der Waals surface area contributed by atoms with Gasteiger partial charge in [0.1, 0.15) is 4.90 Å². The molecule has 1 aromatic heterocycles. The molecule has 2 N–H and O–H groups in total. The summed E-state index contributed by atoms with van der Waals surface area (Å²) in [6, 6.07) is 2.13. The first-order valence-corrected chi connectivity index (χ1v) is 8.39. The first-order valence-electron chi connectivity index (χ1n) is 6.95. The Morgan fingerprint density at radius 2 is 2.20 bits per heavy atom. The van der Waals surface area contributed by atoms with E-state index in [2.05, 4.69) is 6.58 Å². The summed E-state index contributed by atoms with van der Waals surface area (Å²) in [5.41, 5.74) is 7.44. The Kier molecular flexibility index (Phi) is 4.36. The summed E-state index contributed by atoms with van der Waals surface area (Å²) in [5, 5.41) is 0. The predicted octanol–water partition coefficient (Wildman–Crippen LogP) is 1.87. The van der Waals surface area contributed by atoms with Gasteiger partial charge in [-0.1, -0.05) is 19.1 Å². The van der Waals surface area contributed by atoms with Crippen molar-refractivity contribution in [2.75, 3.05) is 13.1 Å². The minimum atomic E-state index is -3.47. The second-order valence-electron chi connectivity index (χ2n) is 5.40. The van der Waals surface area contributed by atoms with E-state index >= 15 is 0 Å². The molecule has 6 heteroatoms. The molecular weight excluding hydrogens is 274 g/mol. The number of rotatable bonds is 7. The zero-order chi connectivity index (χ0) is 14.9. The monoisotopic (exact) mass is 297 g/mol. The van der Waals surface area contributed by atoms with Crippen LogP contribution >= 0.6 is 0 Å². The smallest absolute Gasteiger partial charge is 0.244 e. The molecule has 0 aromatic carbocycles. The third kappa shape index (κ3) is 2.97. The molecule has 0 aliphatic heterocycles. The van der Waals surface area contributed by atoms with Crippen molar-refractivity contribution in [3.8, 4) is 0 Å². The average molecular weight is 297 g/mol. The lowest BCUT2D eigenvalue weighted by Gasteiger charge is -2.19. The highest BCUT2D eigenvalue weighted by Crippen LogP contribution is 2.37. The summed E-state index contributed by atoms with van der Waals surface area (Å²) in [6.45, 7) is 8.61. The molecule has 20 heavy (non-hydrogen) atoms. The molecule has 1 saturated carbocycles. The highest BCUT2D eigenvalue weighted by Gasteiger charge is 2.30. The summed E-state index contributed by atoms with van der Waals surface area (Å²) in [6.07, 6.45) is 3.94. The lowest BCUT2D eigenvalue weighted by molar-refractivity contribution is 0.452. The highest BCUT2D eigenvalue weighted by atomic mass is 32.2. The number of nitrogens with zero attached hydrogens (tertiary/aromatic N) is 2. The molecule has 0 spiro atoms. The van der Waals surface area contributed by atoms with Gasteiger partial charge in [0.25, 0.3) is 0 Å². The van der Waals surface area contributed by atoms with Gasteiger partial charge in [0.15, 0.2) is 0 Å². The summed E-state index contributed by atoms with van der Waals surface area (Å²) in [4.78, 5) is 0.341. The minimum Gasteiger partial charge on any atom is -0.346 e. The van der Waals surface area contributed by atoms with E-state index in [1.807, 2.05) is 18.4 Å². The number of aromatic nitrogens is 1. The largest absolute Gasteiger partial charge is 0.346 e. The molecule has 112 valence electrons. The Balaban J connectivity index is 2.35. The van der Waals surface area contributed by atoms with E-state index in [0.717, 1.165) is 24.1 Å². The number of hydrogen-bond donors (Lipinski definition) is 1. The van der Waals surface area contributed by atoms with Gasteiger partial charge < -0.3 is 10.3 Å². The third-order valence-electron chi connectivity index (χ3n) is 3.49. The van der Waals surface area contributed by atoms with Crippen LogP contribution in [0.25, 0.3) is 0 Å². The molecule has 0 amide bonds. The molecule has 1 aromatic rings. The SMILES string of the molecule is C=C(C)CN(CC)S(=O)(=O)c1cc(CN)n(C2CC2)c1. The summed E-state index contributed by atoms with van der Waals surface area (Å²) in [5.74, 6) is 0. The molecule has 1 heterocycles. The molecule has 0 unspecified atom stereocenters. The van der Waals surface area contributed by atoms with Crippen LogP contribution < -0.4 is 5.73 Å². The fourth-order valence-corrected chi connectivity index (χ4v) is 3.87. The van der Waals surface area contributed by atoms with E-state index < -0.39 is 10.0 Å². The maximum absolute atomic E-state index is 12.7. The maximum atomic E-state index is 12.7. The topological polar surface area (TPSA) is 68.3 Å². The second-order valence-corrected chi connectivity index (χ2v) is 7.34. The van der Waals surface area contributed by atoms with Crippen LogP contribution in [0.2, 0.25) is 0 Å². The van der Waals surface area contributed by atoms with Crippen LogP contribution in [0.5, 0.6) is 0 Å². The minimum absolute atomic E-state index is 0.341. The summed E-state index contributed by atoms with van der Waals surface area (Å²) < 4.78 is 28.8. The van der Waals surface area contributed by atoms with Gasteiger partial charge in [0.05, 0.1) is 0 Å². The molecule has 0 atom stereocenters. The lowest BCUT2D eigenvalue weighted by atomic mass is 10.3. The van der Waals surface area contributed by atoms with Gasteiger partial charge in [-0.15, -0.1) is 0 Å². The molecule has 1 aliphatic rings. The summed E-state index contributed by atoms with van der Waals surface area (Å²) in [7, 11) is -3.47. The van der Waals surface area contributed by atoms with Crippen LogP contribution in [0.15, 0.2) is 29.3 Å². The Bertz CT molecular complexity index is 600. The molecule has 1 fully saturated rings. The summed E-state index contributed by atoms with van der Waals surface area (Å²) >= 11 is 0. The molecule has 5 nitrogen and oxygen atoms in total. The van der Waals surface area contributed by atoms with Crippen LogP contribution in [0, 0.1) is 0 Å². The van der Waals surface area contributed by atoms with Crippen molar-refractivity contribution in [1.82, 2.24) is 8.87 Å². The molecular formula is C14H23N3O2S. The highest BCUT2D eigenvalue weighted by molar-refractivity contribution is 7.89. The van der Waals surface area contributed by atoms with Crippen LogP contribution in [-0.4, -0.2) is 30.4 Å². The molecule has 1 aliphatic carbocycles. The van der Waals surface area contributed by atoms with Gasteiger partial charge in [-0.3, -0.25) is 0 Å². The van der Waals surface area contributed by atoms with Crippen molar-refractivity contribution in [1.29, 1.82) is 0 Å². The van der Waals surface area contributed by atoms with Gasteiger partial charge in [0.2, 0.25) is 10.0 Å². The lowest BCUT2D eigenvalue weighted by Crippen LogP contribution is -2.32. The molecule has 2 rings (SSSR count). The number of sulfonamides is 1. The van der Waals surface area contributed by atoms with Crippen molar-refractivity contribution in [3.63, 3.8) is 0 Å². The van der Waals surface area contributed by atoms with E-state index in [9.17, 15) is 8.42 Å². The third-order valence-corrected chi connectivity index (χ3v) is 5.38. The van der Waals surface area contributed by atoms with Crippen molar-refractivity contribution in [2.24, 2.45) is 5.73 Å². The van der Waals surface area contributed by atoms with Crippen LogP contribution in [0.4, 0.5) is 0 Å². The van der Waals surface area contributed by atoms with E-state index in [1.165, 1.54) is 4.31 Å². The Morgan fingerprint density at radius 1 is 1.55 bits per heavy atom. The zero-order valence-electron chi connectivity index (χ0n) is 12.2. The van der Waals surface area contributed by atoms with Gasteiger partial charge in [0, 0.05) is 37.6 Å². The van der Waals surface area contributed by atoms with E-state index in [1.54, 1.807) is 12.3 Å². The standard InChI is InChI=1S/C14H23N3O2S/c1-4-16(9-11(2)3)20(18,19)14-7-13(8-15)17(10-14)12-5-6-12/h7,10,12H,2,4-6,8-9,15H2,1,3H3. The second kappa shape index (κ2) is 5.71. The van der Waals surface area contributed by atoms with Gasteiger partial charge >= 0.3 is 0 Å². The first-order chi connectivity index (χ1) is 9.40. The predicted molar refractivity (Wildman–Crippen MR) is 79.8 cm³/mol. The Morgan fingerprint density at radius 3 is 2.65 bits per heavy atom. The molecule has 0 bridgehead atoms. The van der Waals surface area contributed by atoms with E-state index in [-0.39, 0.29) is 0 Å². The van der Waals surface area contributed by atoms with E-state index in [4.69, 9.17) is 5.73 Å².